The topological polar surface area (TPSA) is 38.0 Å². The summed E-state index contributed by atoms with van der Waals surface area (Å²) in [5.74, 6) is 3.45. The first-order chi connectivity index (χ1) is 9.45. The van der Waals surface area contributed by atoms with E-state index in [0.717, 1.165) is 6.07 Å². The van der Waals surface area contributed by atoms with Crippen LogP contribution in [0.4, 0.5) is 13.2 Å². The predicted molar refractivity (Wildman–Crippen MR) is 77.3 cm³/mol. The van der Waals surface area contributed by atoms with Crippen LogP contribution in [0.2, 0.25) is 0 Å². The summed E-state index contributed by atoms with van der Waals surface area (Å²) in [5.41, 5.74) is 2.53. The fourth-order valence-corrected chi connectivity index (χ4v) is 2.80. The van der Waals surface area contributed by atoms with E-state index in [0.29, 0.717) is 10.0 Å². The third kappa shape index (κ3) is 2.90. The fourth-order valence-electron chi connectivity index (χ4n) is 1.87. The molecule has 0 radical (unpaired) electrons. The molecule has 2 aromatic rings. The highest BCUT2D eigenvalue weighted by molar-refractivity contribution is 9.10. The summed E-state index contributed by atoms with van der Waals surface area (Å²) >= 11 is 6.16. The Morgan fingerprint density at radius 2 is 1.70 bits per heavy atom. The van der Waals surface area contributed by atoms with E-state index in [1.807, 2.05) is 0 Å². The molecule has 2 rings (SSSR count). The molecular weight excluding hydrogens is 401 g/mol. The van der Waals surface area contributed by atoms with Crippen LogP contribution in [0.5, 0.6) is 0 Å². The third-order valence-electron chi connectivity index (χ3n) is 2.81. The average molecular weight is 410 g/mol. The van der Waals surface area contributed by atoms with Gasteiger partial charge in [0.1, 0.15) is 17.5 Å². The van der Waals surface area contributed by atoms with Crippen molar-refractivity contribution in [3.8, 4) is 0 Å². The van der Waals surface area contributed by atoms with Gasteiger partial charge in [-0.25, -0.2) is 18.6 Å². The number of hydrogen-bond donors (Lipinski definition) is 2. The zero-order valence-electron chi connectivity index (χ0n) is 9.93. The molecule has 3 N–H and O–H groups in total. The van der Waals surface area contributed by atoms with Crippen LogP contribution >= 0.6 is 31.9 Å². The van der Waals surface area contributed by atoms with Crippen LogP contribution in [-0.2, 0) is 0 Å². The van der Waals surface area contributed by atoms with E-state index in [-0.39, 0.29) is 10.0 Å². The van der Waals surface area contributed by atoms with Crippen molar-refractivity contribution in [3.63, 3.8) is 0 Å². The Morgan fingerprint density at radius 1 is 1.00 bits per heavy atom. The van der Waals surface area contributed by atoms with Crippen LogP contribution < -0.4 is 11.3 Å². The van der Waals surface area contributed by atoms with Crippen LogP contribution in [0.15, 0.2) is 39.3 Å². The van der Waals surface area contributed by atoms with Gasteiger partial charge in [-0.3, -0.25) is 5.84 Å². The van der Waals surface area contributed by atoms with Gasteiger partial charge in [-0.1, -0.05) is 22.0 Å². The maximum Gasteiger partial charge on any atom is 0.145 e. The second-order valence-electron chi connectivity index (χ2n) is 4.02. The van der Waals surface area contributed by atoms with E-state index < -0.39 is 23.5 Å². The summed E-state index contributed by atoms with van der Waals surface area (Å²) in [6.45, 7) is 0. The summed E-state index contributed by atoms with van der Waals surface area (Å²) < 4.78 is 41.6. The summed E-state index contributed by atoms with van der Waals surface area (Å²) in [4.78, 5) is 0. The number of halogens is 5. The molecule has 0 aliphatic carbocycles. The average Bonchev–Trinajstić information content (AvgIpc) is 2.40. The van der Waals surface area contributed by atoms with Gasteiger partial charge >= 0.3 is 0 Å². The Kier molecular flexibility index (Phi) is 4.85. The van der Waals surface area contributed by atoms with Crippen molar-refractivity contribution in [3.05, 3.63) is 67.9 Å². The van der Waals surface area contributed by atoms with E-state index in [1.54, 1.807) is 0 Å². The number of benzene rings is 2. The molecule has 1 unspecified atom stereocenters. The van der Waals surface area contributed by atoms with Crippen molar-refractivity contribution in [2.24, 2.45) is 5.84 Å². The predicted octanol–water partition coefficient (Wildman–Crippen LogP) is 4.18. The maximum atomic E-state index is 14.1. The number of hydrazine groups is 1. The van der Waals surface area contributed by atoms with E-state index in [1.165, 1.54) is 24.3 Å². The van der Waals surface area contributed by atoms with Crippen LogP contribution in [-0.4, -0.2) is 0 Å². The number of nitrogens with two attached hydrogens (primary N) is 1. The zero-order valence-corrected chi connectivity index (χ0v) is 13.1. The Hall–Kier alpha value is -0.890. The molecule has 0 spiro atoms. The lowest BCUT2D eigenvalue weighted by Crippen LogP contribution is -2.30. The summed E-state index contributed by atoms with van der Waals surface area (Å²) in [6.07, 6.45) is 0. The third-order valence-corrected chi connectivity index (χ3v) is 4.11. The second-order valence-corrected chi connectivity index (χ2v) is 5.73. The normalized spacial score (nSPS) is 12.5. The van der Waals surface area contributed by atoms with Crippen molar-refractivity contribution in [1.82, 2.24) is 5.43 Å². The largest absolute Gasteiger partial charge is 0.271 e. The van der Waals surface area contributed by atoms with Gasteiger partial charge in [0.2, 0.25) is 0 Å². The van der Waals surface area contributed by atoms with Crippen molar-refractivity contribution in [2.75, 3.05) is 0 Å². The summed E-state index contributed by atoms with van der Waals surface area (Å²) in [6, 6.07) is 5.24. The molecule has 106 valence electrons. The SMILES string of the molecule is NNC(c1ccc(F)cc1Br)c1c(F)ccc(Br)c1F. The van der Waals surface area contributed by atoms with Crippen molar-refractivity contribution in [2.45, 2.75) is 6.04 Å². The maximum absolute atomic E-state index is 14.1. The molecule has 7 heteroatoms. The second kappa shape index (κ2) is 6.26. The molecule has 0 fully saturated rings. The molecule has 0 saturated carbocycles. The highest BCUT2D eigenvalue weighted by atomic mass is 79.9. The molecule has 0 aliphatic rings. The fraction of sp³-hybridized carbons (Fsp3) is 0.0769. The van der Waals surface area contributed by atoms with Crippen LogP contribution in [0.1, 0.15) is 17.2 Å². The van der Waals surface area contributed by atoms with Gasteiger partial charge in [0.15, 0.2) is 0 Å². The lowest BCUT2D eigenvalue weighted by atomic mass is 9.98. The van der Waals surface area contributed by atoms with Gasteiger partial charge < -0.3 is 0 Å². The van der Waals surface area contributed by atoms with Gasteiger partial charge in [-0.15, -0.1) is 0 Å². The Balaban J connectivity index is 2.61. The zero-order chi connectivity index (χ0) is 14.9. The molecule has 2 aromatic carbocycles. The van der Waals surface area contributed by atoms with Crippen molar-refractivity contribution >= 4 is 31.9 Å². The Bertz CT molecular complexity index is 650. The van der Waals surface area contributed by atoms with Crippen molar-refractivity contribution in [1.29, 1.82) is 0 Å². The lowest BCUT2D eigenvalue weighted by molar-refractivity contribution is 0.506. The molecule has 0 bridgehead atoms. The highest BCUT2D eigenvalue weighted by Crippen LogP contribution is 2.33. The lowest BCUT2D eigenvalue weighted by Gasteiger charge is -2.20. The van der Waals surface area contributed by atoms with E-state index in [4.69, 9.17) is 5.84 Å². The van der Waals surface area contributed by atoms with E-state index in [2.05, 4.69) is 37.3 Å². The minimum Gasteiger partial charge on any atom is -0.271 e. The minimum atomic E-state index is -0.956. The molecule has 20 heavy (non-hydrogen) atoms. The first-order valence-corrected chi connectivity index (χ1v) is 7.08. The van der Waals surface area contributed by atoms with Gasteiger partial charge in [-0.05, 0) is 45.8 Å². The molecule has 0 saturated heterocycles. The van der Waals surface area contributed by atoms with Gasteiger partial charge in [0, 0.05) is 10.0 Å². The molecule has 2 nitrogen and oxygen atoms in total. The summed E-state index contributed by atoms with van der Waals surface area (Å²) in [5, 5.41) is 0. The molecular formula is C13H9Br2F3N2. The number of nitrogens with one attached hydrogen (secondary N) is 1. The molecule has 1 atom stereocenters. The quantitative estimate of drug-likeness (QED) is 0.453. The van der Waals surface area contributed by atoms with Crippen LogP contribution in [0, 0.1) is 17.5 Å². The Morgan fingerprint density at radius 3 is 2.30 bits per heavy atom. The van der Waals surface area contributed by atoms with Crippen LogP contribution in [0.25, 0.3) is 0 Å². The van der Waals surface area contributed by atoms with Gasteiger partial charge in [0.25, 0.3) is 0 Å². The molecule has 0 heterocycles. The summed E-state index contributed by atoms with van der Waals surface area (Å²) in [7, 11) is 0. The molecule has 0 aliphatic heterocycles. The van der Waals surface area contributed by atoms with Gasteiger partial charge in [0.05, 0.1) is 10.5 Å². The standard InChI is InChI=1S/C13H9Br2F3N2/c14-8-3-4-10(17)11(12(8)18)13(20-19)7-2-1-6(16)5-9(7)15/h1-5,13,20H,19H2. The van der Waals surface area contributed by atoms with E-state index in [9.17, 15) is 13.2 Å². The van der Waals surface area contributed by atoms with Crippen LogP contribution in [0.3, 0.4) is 0 Å². The van der Waals surface area contributed by atoms with Crippen molar-refractivity contribution < 1.29 is 13.2 Å². The minimum absolute atomic E-state index is 0.118. The highest BCUT2D eigenvalue weighted by Gasteiger charge is 2.24. The first kappa shape index (κ1) is 15.5. The molecule has 0 aromatic heterocycles. The molecule has 0 amide bonds. The van der Waals surface area contributed by atoms with E-state index >= 15 is 0 Å². The Labute approximate surface area is 130 Å². The monoisotopic (exact) mass is 408 g/mol. The number of rotatable bonds is 3. The van der Waals surface area contributed by atoms with Gasteiger partial charge in [-0.2, -0.15) is 0 Å². The smallest absolute Gasteiger partial charge is 0.145 e. The first-order valence-electron chi connectivity index (χ1n) is 5.50. The number of hydrogen-bond acceptors (Lipinski definition) is 2.